The van der Waals surface area contributed by atoms with E-state index in [-0.39, 0.29) is 0 Å². The molecule has 29 heavy (non-hydrogen) atoms. The Bertz CT molecular complexity index is 972. The Morgan fingerprint density at radius 3 is 2.55 bits per heavy atom. The maximum absolute atomic E-state index is 5.24. The van der Waals surface area contributed by atoms with Gasteiger partial charge in [0.1, 0.15) is 5.75 Å². The lowest BCUT2D eigenvalue weighted by atomic mass is 10.2. The minimum atomic E-state index is 0.388. The molecule has 4 rings (SSSR count). The first kappa shape index (κ1) is 18.7. The first-order chi connectivity index (χ1) is 14.3. The third-order valence-corrected chi connectivity index (χ3v) is 4.51. The van der Waals surface area contributed by atoms with E-state index in [1.54, 1.807) is 13.3 Å². The first-order valence-corrected chi connectivity index (χ1v) is 9.56. The molecule has 0 spiro atoms. The predicted octanol–water partition coefficient (Wildman–Crippen LogP) is 3.67. The Hall–Kier alpha value is -3.68. The molecular weight excluding hydrogens is 366 g/mol. The summed E-state index contributed by atoms with van der Waals surface area (Å²) in [4.78, 5) is 15.7. The number of nitrogens with zero attached hydrogens (tertiary/aromatic N) is 5. The van der Waals surface area contributed by atoms with Crippen LogP contribution in [0.5, 0.6) is 5.75 Å². The van der Waals surface area contributed by atoms with Gasteiger partial charge in [-0.2, -0.15) is 20.1 Å². The van der Waals surface area contributed by atoms with Gasteiger partial charge in [-0.15, -0.1) is 0 Å². The van der Waals surface area contributed by atoms with Crippen LogP contribution in [0.3, 0.4) is 0 Å². The smallest absolute Gasteiger partial charge is 0.250 e. The molecule has 1 aliphatic rings. The molecule has 1 fully saturated rings. The van der Waals surface area contributed by atoms with Crippen LogP contribution in [-0.4, -0.2) is 41.4 Å². The summed E-state index contributed by atoms with van der Waals surface area (Å²) in [6.45, 7) is 1.89. The Balaban J connectivity index is 1.55. The van der Waals surface area contributed by atoms with Gasteiger partial charge in [0.05, 0.1) is 13.3 Å². The van der Waals surface area contributed by atoms with Crippen molar-refractivity contribution in [3.63, 3.8) is 0 Å². The van der Waals surface area contributed by atoms with Crippen LogP contribution in [0.15, 0.2) is 59.7 Å². The Morgan fingerprint density at radius 1 is 0.966 bits per heavy atom. The van der Waals surface area contributed by atoms with Crippen molar-refractivity contribution in [3.8, 4) is 5.75 Å². The molecular formula is C21H23N7O. The predicted molar refractivity (Wildman–Crippen MR) is 115 cm³/mol. The van der Waals surface area contributed by atoms with E-state index in [4.69, 9.17) is 4.74 Å². The number of hydrogen-bond acceptors (Lipinski definition) is 8. The quantitative estimate of drug-likeness (QED) is 0.471. The molecule has 1 saturated heterocycles. The molecule has 2 heterocycles. The van der Waals surface area contributed by atoms with Gasteiger partial charge in [0.25, 0.3) is 0 Å². The number of para-hydroxylation sites is 1. The van der Waals surface area contributed by atoms with E-state index >= 15 is 0 Å². The Labute approximate surface area is 169 Å². The number of hydrazone groups is 1. The number of ether oxygens (including phenoxy) is 1. The van der Waals surface area contributed by atoms with Crippen LogP contribution in [0.4, 0.5) is 23.5 Å². The molecule has 2 N–H and O–H groups in total. The van der Waals surface area contributed by atoms with Crippen molar-refractivity contribution >= 4 is 29.7 Å². The molecule has 1 aliphatic heterocycles. The summed E-state index contributed by atoms with van der Waals surface area (Å²) in [6.07, 6.45) is 3.99. The average molecular weight is 389 g/mol. The normalized spacial score (nSPS) is 13.6. The van der Waals surface area contributed by atoms with Crippen LogP contribution in [0.25, 0.3) is 0 Å². The monoisotopic (exact) mass is 389 g/mol. The lowest BCUT2D eigenvalue weighted by Crippen LogP contribution is -2.21. The van der Waals surface area contributed by atoms with Gasteiger partial charge in [-0.3, -0.25) is 0 Å². The van der Waals surface area contributed by atoms with Gasteiger partial charge < -0.3 is 15.0 Å². The molecule has 0 amide bonds. The van der Waals surface area contributed by atoms with Crippen molar-refractivity contribution in [3.05, 3.63) is 60.2 Å². The molecule has 8 nitrogen and oxygen atoms in total. The van der Waals surface area contributed by atoms with E-state index in [1.807, 2.05) is 54.6 Å². The zero-order chi connectivity index (χ0) is 19.9. The largest absolute Gasteiger partial charge is 0.497 e. The average Bonchev–Trinajstić information content (AvgIpc) is 3.30. The lowest BCUT2D eigenvalue weighted by molar-refractivity contribution is 0.415. The molecule has 0 bridgehead atoms. The number of hydrogen-bond donors (Lipinski definition) is 2. The highest BCUT2D eigenvalue weighted by Gasteiger charge is 2.17. The van der Waals surface area contributed by atoms with Crippen LogP contribution in [-0.2, 0) is 0 Å². The fourth-order valence-corrected chi connectivity index (χ4v) is 3.07. The highest BCUT2D eigenvalue weighted by Crippen LogP contribution is 2.20. The van der Waals surface area contributed by atoms with Gasteiger partial charge in [0.2, 0.25) is 17.8 Å². The summed E-state index contributed by atoms with van der Waals surface area (Å²) in [6, 6.07) is 17.5. The third-order valence-electron chi connectivity index (χ3n) is 4.51. The number of methoxy groups -OCH3 is 1. The minimum absolute atomic E-state index is 0.388. The topological polar surface area (TPSA) is 87.6 Å². The number of nitrogens with one attached hydrogen (secondary N) is 2. The standard InChI is InChI=1S/C21H23N7O/c1-29-18-11-7-8-16(14-18)15-22-27-20-24-19(23-17-9-3-2-4-10-17)25-21(26-20)28-12-5-6-13-28/h2-4,7-11,14-15H,5-6,12-13H2,1H3,(H2,23,24,25,26,27)/b22-15+. The molecule has 0 aliphatic carbocycles. The van der Waals surface area contributed by atoms with Crippen molar-refractivity contribution in [2.75, 3.05) is 35.8 Å². The molecule has 8 heteroatoms. The Morgan fingerprint density at radius 2 is 1.76 bits per heavy atom. The van der Waals surface area contributed by atoms with Gasteiger partial charge in [-0.05, 0) is 42.7 Å². The molecule has 0 radical (unpaired) electrons. The van der Waals surface area contributed by atoms with Crippen molar-refractivity contribution in [1.29, 1.82) is 0 Å². The molecule has 3 aromatic rings. The highest BCUT2D eigenvalue weighted by molar-refractivity contribution is 5.80. The van der Waals surface area contributed by atoms with Gasteiger partial charge in [-0.25, -0.2) is 5.43 Å². The fraction of sp³-hybridized carbons (Fsp3) is 0.238. The van der Waals surface area contributed by atoms with Crippen molar-refractivity contribution in [2.45, 2.75) is 12.8 Å². The molecule has 0 atom stereocenters. The third kappa shape index (κ3) is 4.98. The van der Waals surface area contributed by atoms with Crippen LogP contribution in [0, 0.1) is 0 Å². The van der Waals surface area contributed by atoms with Crippen LogP contribution in [0.1, 0.15) is 18.4 Å². The van der Waals surface area contributed by atoms with Gasteiger partial charge in [0, 0.05) is 18.8 Å². The van der Waals surface area contributed by atoms with E-state index in [0.717, 1.165) is 42.9 Å². The van der Waals surface area contributed by atoms with Crippen LogP contribution in [0.2, 0.25) is 0 Å². The van der Waals surface area contributed by atoms with E-state index in [1.165, 1.54) is 0 Å². The van der Waals surface area contributed by atoms with E-state index in [2.05, 4.69) is 35.7 Å². The summed E-state index contributed by atoms with van der Waals surface area (Å²) in [5.41, 5.74) is 4.74. The highest BCUT2D eigenvalue weighted by atomic mass is 16.5. The van der Waals surface area contributed by atoms with Gasteiger partial charge >= 0.3 is 0 Å². The second kappa shape index (κ2) is 9.01. The zero-order valence-electron chi connectivity index (χ0n) is 16.2. The number of rotatable bonds is 7. The minimum Gasteiger partial charge on any atom is -0.497 e. The molecule has 0 unspecified atom stereocenters. The first-order valence-electron chi connectivity index (χ1n) is 9.56. The summed E-state index contributed by atoms with van der Waals surface area (Å²) < 4.78 is 5.24. The van der Waals surface area contributed by atoms with Gasteiger partial charge in [0.15, 0.2) is 0 Å². The summed E-state index contributed by atoms with van der Waals surface area (Å²) in [5, 5.41) is 7.51. The summed E-state index contributed by atoms with van der Waals surface area (Å²) in [5.74, 6) is 2.29. The molecule has 1 aromatic heterocycles. The summed E-state index contributed by atoms with van der Waals surface area (Å²) >= 11 is 0. The van der Waals surface area contributed by atoms with Crippen LogP contribution < -0.4 is 20.4 Å². The van der Waals surface area contributed by atoms with Crippen molar-refractivity contribution in [1.82, 2.24) is 15.0 Å². The van der Waals surface area contributed by atoms with Gasteiger partial charge in [-0.1, -0.05) is 30.3 Å². The number of anilines is 4. The van der Waals surface area contributed by atoms with Crippen LogP contribution >= 0.6 is 0 Å². The maximum Gasteiger partial charge on any atom is 0.250 e. The van der Waals surface area contributed by atoms with Crippen molar-refractivity contribution in [2.24, 2.45) is 5.10 Å². The zero-order valence-corrected chi connectivity index (χ0v) is 16.2. The second-order valence-electron chi connectivity index (χ2n) is 6.61. The Kier molecular flexibility index (Phi) is 5.80. The van der Waals surface area contributed by atoms with Crippen molar-refractivity contribution < 1.29 is 4.74 Å². The van der Waals surface area contributed by atoms with E-state index in [9.17, 15) is 0 Å². The fourth-order valence-electron chi connectivity index (χ4n) is 3.07. The number of aromatic nitrogens is 3. The molecule has 2 aromatic carbocycles. The molecule has 148 valence electrons. The summed E-state index contributed by atoms with van der Waals surface area (Å²) in [7, 11) is 1.64. The molecule has 0 saturated carbocycles. The lowest BCUT2D eigenvalue weighted by Gasteiger charge is -2.16. The van der Waals surface area contributed by atoms with E-state index < -0.39 is 0 Å². The SMILES string of the molecule is COc1cccc(/C=N/Nc2nc(Nc3ccccc3)nc(N3CCCC3)n2)c1. The number of benzene rings is 2. The van der Waals surface area contributed by atoms with E-state index in [0.29, 0.717) is 17.8 Å². The maximum atomic E-state index is 5.24. The second-order valence-corrected chi connectivity index (χ2v) is 6.61.